The highest BCUT2D eigenvalue weighted by Crippen LogP contribution is 2.33. The van der Waals surface area contributed by atoms with Gasteiger partial charge in [-0.15, -0.1) is 0 Å². The molecule has 0 unspecified atom stereocenters. The van der Waals surface area contributed by atoms with E-state index >= 15 is 0 Å². The van der Waals surface area contributed by atoms with E-state index in [1.54, 1.807) is 10.7 Å². The molecule has 0 aromatic carbocycles. The summed E-state index contributed by atoms with van der Waals surface area (Å²) in [5.74, 6) is 1.61. The van der Waals surface area contributed by atoms with Crippen LogP contribution in [-0.4, -0.2) is 45.5 Å². The molecule has 4 heterocycles. The third kappa shape index (κ3) is 3.22. The van der Waals surface area contributed by atoms with Gasteiger partial charge in [0, 0.05) is 30.4 Å². The fraction of sp³-hybridized carbons (Fsp3) is 0.368. The number of aromatic nitrogens is 3. The Bertz CT molecular complexity index is 910. The van der Waals surface area contributed by atoms with E-state index in [0.717, 1.165) is 47.6 Å². The van der Waals surface area contributed by atoms with Crippen LogP contribution in [0.4, 0.5) is 5.82 Å². The van der Waals surface area contributed by atoms with Crippen molar-refractivity contribution in [1.29, 1.82) is 0 Å². The summed E-state index contributed by atoms with van der Waals surface area (Å²) in [6.07, 6.45) is 6.85. The number of hydrogen-bond acceptors (Lipinski definition) is 5. The zero-order valence-electron chi connectivity index (χ0n) is 14.6. The van der Waals surface area contributed by atoms with Gasteiger partial charge in [0.1, 0.15) is 11.6 Å². The van der Waals surface area contributed by atoms with E-state index in [9.17, 15) is 5.11 Å². The van der Waals surface area contributed by atoms with E-state index in [2.05, 4.69) is 15.0 Å². The Morgan fingerprint density at radius 1 is 1.35 bits per heavy atom. The summed E-state index contributed by atoms with van der Waals surface area (Å²) in [6, 6.07) is 5.98. The topological polar surface area (TPSA) is 62.9 Å². The summed E-state index contributed by atoms with van der Waals surface area (Å²) < 4.78 is 7.39. The summed E-state index contributed by atoms with van der Waals surface area (Å²) in [7, 11) is 0. The molecule has 0 saturated carbocycles. The van der Waals surface area contributed by atoms with Crippen molar-refractivity contribution in [2.45, 2.75) is 25.9 Å². The van der Waals surface area contributed by atoms with Crippen LogP contribution in [-0.2, 0) is 0 Å². The van der Waals surface area contributed by atoms with Gasteiger partial charge in [0.05, 0.1) is 35.6 Å². The number of rotatable bonds is 4. The largest absolute Gasteiger partial charge is 0.492 e. The van der Waals surface area contributed by atoms with Gasteiger partial charge in [-0.05, 0) is 38.0 Å². The molecule has 0 spiro atoms. The van der Waals surface area contributed by atoms with Gasteiger partial charge in [-0.1, -0.05) is 11.6 Å². The number of fused-ring (bicyclic) bond motifs is 1. The smallest absolute Gasteiger partial charge is 0.138 e. The van der Waals surface area contributed by atoms with Gasteiger partial charge in [-0.3, -0.25) is 0 Å². The maximum absolute atomic E-state index is 9.87. The summed E-state index contributed by atoms with van der Waals surface area (Å²) in [5, 5.41) is 14.8. The Kier molecular flexibility index (Phi) is 4.70. The van der Waals surface area contributed by atoms with Crippen molar-refractivity contribution in [3.8, 4) is 16.9 Å². The van der Waals surface area contributed by atoms with E-state index in [0.29, 0.717) is 18.2 Å². The Balaban J connectivity index is 1.71. The number of hydrogen-bond donors (Lipinski definition) is 1. The molecule has 136 valence electrons. The van der Waals surface area contributed by atoms with Gasteiger partial charge in [-0.2, -0.15) is 5.10 Å². The summed E-state index contributed by atoms with van der Waals surface area (Å²) in [5.41, 5.74) is 2.70. The van der Waals surface area contributed by atoms with Gasteiger partial charge in [0.25, 0.3) is 0 Å². The standard InChI is InChI=1S/C19H21ClN4O2/c1-2-26-15-8-16(19-17(20)10-22-24(19)12-15)13-5-6-18(21-9-13)23-7-3-4-14(25)11-23/h5-6,8-10,12,14,25H,2-4,7,11H2,1H3/t14-/m1/s1. The second-order valence-electron chi connectivity index (χ2n) is 6.46. The van der Waals surface area contributed by atoms with Gasteiger partial charge in [0.15, 0.2) is 0 Å². The normalized spacial score (nSPS) is 17.7. The van der Waals surface area contributed by atoms with Crippen LogP contribution in [0.2, 0.25) is 5.02 Å². The first-order valence-corrected chi connectivity index (χ1v) is 9.22. The highest BCUT2D eigenvalue weighted by atomic mass is 35.5. The molecule has 1 fully saturated rings. The summed E-state index contributed by atoms with van der Waals surface area (Å²) >= 11 is 6.35. The zero-order chi connectivity index (χ0) is 18.1. The third-order valence-electron chi connectivity index (χ3n) is 4.63. The number of aliphatic hydroxyl groups excluding tert-OH is 1. The molecule has 1 aliphatic heterocycles. The van der Waals surface area contributed by atoms with Crippen molar-refractivity contribution in [3.05, 3.63) is 41.8 Å². The SMILES string of the molecule is CCOc1cc(-c2ccc(N3CCC[C@@H](O)C3)nc2)c2c(Cl)cnn2c1. The fourth-order valence-corrected chi connectivity index (χ4v) is 3.65. The molecule has 1 aliphatic rings. The Morgan fingerprint density at radius 3 is 2.96 bits per heavy atom. The molecule has 7 heteroatoms. The average Bonchev–Trinajstić information content (AvgIpc) is 3.03. The van der Waals surface area contributed by atoms with Crippen molar-refractivity contribution in [2.75, 3.05) is 24.6 Å². The minimum Gasteiger partial charge on any atom is -0.492 e. The number of aliphatic hydroxyl groups is 1. The third-order valence-corrected chi connectivity index (χ3v) is 4.91. The summed E-state index contributed by atoms with van der Waals surface area (Å²) in [4.78, 5) is 6.73. The number of piperidine rings is 1. The van der Waals surface area contributed by atoms with Crippen molar-refractivity contribution >= 4 is 22.9 Å². The van der Waals surface area contributed by atoms with Crippen LogP contribution in [0.3, 0.4) is 0 Å². The van der Waals surface area contributed by atoms with E-state index in [1.807, 2.05) is 37.5 Å². The Hall–Kier alpha value is -2.31. The number of halogens is 1. The number of nitrogens with zero attached hydrogens (tertiary/aromatic N) is 4. The molecular weight excluding hydrogens is 352 g/mol. The molecule has 1 atom stereocenters. The monoisotopic (exact) mass is 372 g/mol. The van der Waals surface area contributed by atoms with Crippen molar-refractivity contribution in [3.63, 3.8) is 0 Å². The van der Waals surface area contributed by atoms with E-state index in [1.165, 1.54) is 0 Å². The first-order chi connectivity index (χ1) is 12.7. The Labute approximate surface area is 157 Å². The van der Waals surface area contributed by atoms with Crippen molar-refractivity contribution < 1.29 is 9.84 Å². The lowest BCUT2D eigenvalue weighted by atomic mass is 10.1. The molecular formula is C19H21ClN4O2. The maximum Gasteiger partial charge on any atom is 0.138 e. The minimum absolute atomic E-state index is 0.279. The van der Waals surface area contributed by atoms with E-state index < -0.39 is 0 Å². The lowest BCUT2D eigenvalue weighted by Gasteiger charge is -2.31. The van der Waals surface area contributed by atoms with Crippen LogP contribution < -0.4 is 9.64 Å². The van der Waals surface area contributed by atoms with Crippen LogP contribution in [0.15, 0.2) is 36.8 Å². The van der Waals surface area contributed by atoms with Crippen LogP contribution in [0.1, 0.15) is 19.8 Å². The Morgan fingerprint density at radius 2 is 2.23 bits per heavy atom. The highest BCUT2D eigenvalue weighted by molar-refractivity contribution is 6.34. The van der Waals surface area contributed by atoms with Crippen molar-refractivity contribution in [2.24, 2.45) is 0 Å². The second kappa shape index (κ2) is 7.13. The van der Waals surface area contributed by atoms with Crippen LogP contribution in [0, 0.1) is 0 Å². The summed E-state index contributed by atoms with van der Waals surface area (Å²) in [6.45, 7) is 4.07. The number of β-amino-alcohol motifs (C(OH)–C–C–N with tert-alkyl or cyclic N) is 1. The minimum atomic E-state index is -0.279. The van der Waals surface area contributed by atoms with E-state index in [4.69, 9.17) is 16.3 Å². The quantitative estimate of drug-likeness (QED) is 0.760. The highest BCUT2D eigenvalue weighted by Gasteiger charge is 2.19. The maximum atomic E-state index is 9.87. The van der Waals surface area contributed by atoms with Gasteiger partial charge in [0.2, 0.25) is 0 Å². The lowest BCUT2D eigenvalue weighted by molar-refractivity contribution is 0.154. The van der Waals surface area contributed by atoms with Crippen LogP contribution in [0.5, 0.6) is 5.75 Å². The molecule has 0 bridgehead atoms. The molecule has 0 amide bonds. The average molecular weight is 373 g/mol. The van der Waals surface area contributed by atoms with Crippen LogP contribution in [0.25, 0.3) is 16.6 Å². The molecule has 0 aliphatic carbocycles. The number of anilines is 1. The van der Waals surface area contributed by atoms with Gasteiger partial charge < -0.3 is 14.7 Å². The molecule has 0 radical (unpaired) electrons. The van der Waals surface area contributed by atoms with Gasteiger partial charge >= 0.3 is 0 Å². The van der Waals surface area contributed by atoms with Crippen LogP contribution >= 0.6 is 11.6 Å². The zero-order valence-corrected chi connectivity index (χ0v) is 15.4. The molecule has 3 aromatic heterocycles. The fourth-order valence-electron chi connectivity index (χ4n) is 3.42. The second-order valence-corrected chi connectivity index (χ2v) is 6.86. The molecule has 3 aromatic rings. The van der Waals surface area contributed by atoms with E-state index in [-0.39, 0.29) is 6.10 Å². The predicted molar refractivity (Wildman–Crippen MR) is 102 cm³/mol. The first-order valence-electron chi connectivity index (χ1n) is 8.85. The molecule has 1 saturated heterocycles. The predicted octanol–water partition coefficient (Wildman–Crippen LogP) is 3.41. The number of pyridine rings is 2. The lowest BCUT2D eigenvalue weighted by Crippen LogP contribution is -2.38. The van der Waals surface area contributed by atoms with Crippen molar-refractivity contribution in [1.82, 2.24) is 14.6 Å². The molecule has 1 N–H and O–H groups in total. The number of ether oxygens (including phenoxy) is 1. The van der Waals surface area contributed by atoms with Gasteiger partial charge in [-0.25, -0.2) is 9.50 Å². The molecule has 6 nitrogen and oxygen atoms in total. The first kappa shape index (κ1) is 17.1. The molecule has 4 rings (SSSR count). The molecule has 26 heavy (non-hydrogen) atoms.